The van der Waals surface area contributed by atoms with Crippen molar-refractivity contribution < 1.29 is 23.9 Å². The van der Waals surface area contributed by atoms with Gasteiger partial charge in [0.2, 0.25) is 5.91 Å². The van der Waals surface area contributed by atoms with Crippen molar-refractivity contribution in [1.29, 1.82) is 0 Å². The summed E-state index contributed by atoms with van der Waals surface area (Å²) in [5.41, 5.74) is 4.79. The summed E-state index contributed by atoms with van der Waals surface area (Å²) < 4.78 is 11.6. The smallest absolute Gasteiger partial charge is 0.326 e. The Morgan fingerprint density at radius 2 is 1.67 bits per heavy atom. The Bertz CT molecular complexity index is 1590. The molecule has 7 heteroatoms. The third-order valence-corrected chi connectivity index (χ3v) is 12.2. The third-order valence-electron chi connectivity index (χ3n) is 12.2. The average molecular weight is 667 g/mol. The molecule has 262 valence electrons. The Labute approximate surface area is 292 Å². The van der Waals surface area contributed by atoms with Crippen LogP contribution >= 0.6 is 0 Å². The molecule has 0 aliphatic heterocycles. The molecule has 4 aliphatic rings. The van der Waals surface area contributed by atoms with Crippen LogP contribution in [-0.2, 0) is 23.9 Å². The summed E-state index contributed by atoms with van der Waals surface area (Å²) in [6.45, 7) is 12.1. The number of fused-ring (bicyclic) bond motifs is 5. The highest BCUT2D eigenvalue weighted by molar-refractivity contribution is 5.85. The minimum Gasteiger partial charge on any atom is -0.462 e. The number of esters is 2. The molecule has 1 aromatic carbocycles. The van der Waals surface area contributed by atoms with Crippen molar-refractivity contribution in [2.24, 2.45) is 28.6 Å². The molecule has 1 heterocycles. The summed E-state index contributed by atoms with van der Waals surface area (Å²) in [4.78, 5) is 45.4. The van der Waals surface area contributed by atoms with E-state index in [0.29, 0.717) is 17.8 Å². The number of ether oxygens (including phenoxy) is 2. The minimum absolute atomic E-state index is 0.0186. The monoisotopic (exact) mass is 666 g/mol. The summed E-state index contributed by atoms with van der Waals surface area (Å²) in [6, 6.07) is 13.5. The normalized spacial score (nSPS) is 29.7. The topological polar surface area (TPSA) is 85.8 Å². The number of pyridine rings is 1. The first-order valence-electron chi connectivity index (χ1n) is 18.3. The summed E-state index contributed by atoms with van der Waals surface area (Å²) in [6.07, 6.45) is 15.9. The van der Waals surface area contributed by atoms with Crippen LogP contribution in [0.4, 0.5) is 0 Å². The number of aromatic nitrogens is 1. The molecule has 7 atom stereocenters. The van der Waals surface area contributed by atoms with E-state index in [1.807, 2.05) is 55.7 Å². The van der Waals surface area contributed by atoms with Crippen molar-refractivity contribution in [1.82, 2.24) is 9.88 Å². The van der Waals surface area contributed by atoms with E-state index in [1.165, 1.54) is 34.5 Å². The van der Waals surface area contributed by atoms with Gasteiger partial charge in [-0.1, -0.05) is 68.0 Å². The maximum atomic E-state index is 13.5. The van der Waals surface area contributed by atoms with Crippen molar-refractivity contribution in [2.45, 2.75) is 117 Å². The molecular formula is C42H54N2O5. The number of nitrogens with zero attached hydrogens (tertiary/aromatic N) is 2. The molecule has 0 spiro atoms. The van der Waals surface area contributed by atoms with Crippen molar-refractivity contribution in [2.75, 3.05) is 6.54 Å². The van der Waals surface area contributed by atoms with E-state index < -0.39 is 11.6 Å². The quantitative estimate of drug-likeness (QED) is 0.197. The standard InChI is InChI=1S/C42H54N2O5/c1-28(29-11-8-7-9-12-29)44(27-39(47)49-40(2,3)4)37(45)18-19-38(46)48-32-20-22-41(5)31(25-32)14-15-33-35-17-16-34(30-13-10-24-43-26-30)42(35,6)23-21-36(33)41/h7-14,16,24,26,28,32-33,35-36H,15,17-23,25,27H2,1-6H3/t28?,32-,33-,35?,36-,41-,42+/m0/s1. The SMILES string of the molecule is CC(c1ccccc1)N(CC(=O)OC(C)(C)C)C(=O)CCC(=O)O[C@H]1CC[C@@]2(C)C(=CC[C@H]3C4CC=C(c5cccnc5)[C@@]4(C)CC[C@@H]32)C1. The lowest BCUT2D eigenvalue weighted by molar-refractivity contribution is -0.160. The van der Waals surface area contributed by atoms with Gasteiger partial charge in [0.05, 0.1) is 12.5 Å². The van der Waals surface area contributed by atoms with Crippen LogP contribution in [0.2, 0.25) is 0 Å². The molecule has 6 rings (SSSR count). The molecule has 1 amide bonds. The molecule has 7 nitrogen and oxygen atoms in total. The van der Waals surface area contributed by atoms with E-state index in [9.17, 15) is 14.4 Å². The summed E-state index contributed by atoms with van der Waals surface area (Å²) >= 11 is 0. The molecule has 49 heavy (non-hydrogen) atoms. The number of carbonyl (C=O) groups excluding carboxylic acids is 3. The molecule has 4 aliphatic carbocycles. The lowest BCUT2D eigenvalue weighted by Gasteiger charge is -2.57. The van der Waals surface area contributed by atoms with Crippen molar-refractivity contribution in [3.63, 3.8) is 0 Å². The number of rotatable bonds is 9. The highest BCUT2D eigenvalue weighted by atomic mass is 16.6. The maximum absolute atomic E-state index is 13.5. The van der Waals surface area contributed by atoms with Crippen LogP contribution in [0.5, 0.6) is 0 Å². The lowest BCUT2D eigenvalue weighted by atomic mass is 9.47. The first-order chi connectivity index (χ1) is 23.3. The van der Waals surface area contributed by atoms with Gasteiger partial charge in [0.1, 0.15) is 18.2 Å². The van der Waals surface area contributed by atoms with Gasteiger partial charge in [0.25, 0.3) is 0 Å². The van der Waals surface area contributed by atoms with Gasteiger partial charge in [-0.2, -0.15) is 0 Å². The highest BCUT2D eigenvalue weighted by Gasteiger charge is 2.57. The van der Waals surface area contributed by atoms with Crippen LogP contribution in [0, 0.1) is 28.6 Å². The summed E-state index contributed by atoms with van der Waals surface area (Å²) in [7, 11) is 0. The van der Waals surface area contributed by atoms with Gasteiger partial charge in [0.15, 0.2) is 0 Å². The van der Waals surface area contributed by atoms with Gasteiger partial charge in [-0.05, 0) is 118 Å². The molecule has 0 radical (unpaired) electrons. The number of amides is 1. The Morgan fingerprint density at radius 1 is 0.918 bits per heavy atom. The summed E-state index contributed by atoms with van der Waals surface area (Å²) in [5.74, 6) is 0.848. The van der Waals surface area contributed by atoms with Gasteiger partial charge in [-0.25, -0.2) is 0 Å². The molecule has 2 aromatic rings. The van der Waals surface area contributed by atoms with Crippen LogP contribution in [-0.4, -0.2) is 46.0 Å². The predicted octanol–water partition coefficient (Wildman–Crippen LogP) is 8.66. The zero-order chi connectivity index (χ0) is 35.0. The Hall–Kier alpha value is -3.74. The van der Waals surface area contributed by atoms with E-state index in [-0.39, 0.29) is 54.2 Å². The van der Waals surface area contributed by atoms with E-state index in [0.717, 1.165) is 37.7 Å². The highest BCUT2D eigenvalue weighted by Crippen LogP contribution is 2.66. The molecule has 0 bridgehead atoms. The molecule has 2 saturated carbocycles. The molecular weight excluding hydrogens is 612 g/mol. The van der Waals surface area contributed by atoms with Gasteiger partial charge < -0.3 is 14.4 Å². The summed E-state index contributed by atoms with van der Waals surface area (Å²) in [5, 5.41) is 0. The van der Waals surface area contributed by atoms with Gasteiger partial charge in [0, 0.05) is 25.2 Å². The van der Waals surface area contributed by atoms with E-state index in [4.69, 9.17) is 9.47 Å². The van der Waals surface area contributed by atoms with Gasteiger partial charge in [-0.15, -0.1) is 0 Å². The molecule has 0 N–H and O–H groups in total. The van der Waals surface area contributed by atoms with E-state index >= 15 is 0 Å². The van der Waals surface area contributed by atoms with Crippen LogP contribution in [0.1, 0.15) is 116 Å². The second-order valence-electron chi connectivity index (χ2n) is 16.4. The second-order valence-corrected chi connectivity index (χ2v) is 16.4. The fourth-order valence-electron chi connectivity index (χ4n) is 9.73. The largest absolute Gasteiger partial charge is 0.462 e. The van der Waals surface area contributed by atoms with Crippen LogP contribution in [0.3, 0.4) is 0 Å². The predicted molar refractivity (Wildman–Crippen MR) is 191 cm³/mol. The fraction of sp³-hybridized carbons (Fsp3) is 0.571. The zero-order valence-corrected chi connectivity index (χ0v) is 30.2. The Morgan fingerprint density at radius 3 is 2.39 bits per heavy atom. The number of allylic oxidation sites excluding steroid dienone is 3. The molecule has 1 aromatic heterocycles. The number of carbonyl (C=O) groups is 3. The van der Waals surface area contributed by atoms with Gasteiger partial charge in [-0.3, -0.25) is 19.4 Å². The Balaban J connectivity index is 1.06. The minimum atomic E-state index is -0.661. The third kappa shape index (κ3) is 7.27. The molecule has 2 fully saturated rings. The molecule has 0 saturated heterocycles. The first-order valence-corrected chi connectivity index (χ1v) is 18.3. The van der Waals surface area contributed by atoms with E-state index in [2.05, 4.69) is 37.0 Å². The van der Waals surface area contributed by atoms with Crippen molar-refractivity contribution in [3.8, 4) is 0 Å². The van der Waals surface area contributed by atoms with Crippen LogP contribution in [0.15, 0.2) is 72.6 Å². The number of benzene rings is 1. The van der Waals surface area contributed by atoms with E-state index in [1.54, 1.807) is 20.8 Å². The lowest BCUT2D eigenvalue weighted by Crippen LogP contribution is -2.50. The van der Waals surface area contributed by atoms with Crippen LogP contribution in [0.25, 0.3) is 5.57 Å². The molecule has 2 unspecified atom stereocenters. The number of hydrogen-bond acceptors (Lipinski definition) is 6. The number of hydrogen-bond donors (Lipinski definition) is 0. The van der Waals surface area contributed by atoms with Crippen molar-refractivity contribution in [3.05, 3.63) is 83.7 Å². The first kappa shape index (κ1) is 35.1. The average Bonchev–Trinajstić information content (AvgIpc) is 3.43. The Kier molecular flexibility index (Phi) is 9.94. The fourth-order valence-corrected chi connectivity index (χ4v) is 9.73. The second kappa shape index (κ2) is 13.9. The maximum Gasteiger partial charge on any atom is 0.326 e. The van der Waals surface area contributed by atoms with Crippen molar-refractivity contribution >= 4 is 23.4 Å². The zero-order valence-electron chi connectivity index (χ0n) is 30.2. The van der Waals surface area contributed by atoms with Crippen LogP contribution < -0.4 is 0 Å². The van der Waals surface area contributed by atoms with Gasteiger partial charge >= 0.3 is 11.9 Å².